The van der Waals surface area contributed by atoms with Crippen molar-refractivity contribution in [3.8, 4) is 0 Å². The van der Waals surface area contributed by atoms with Crippen LogP contribution in [0.15, 0.2) is 0 Å². The topological polar surface area (TPSA) is 284 Å². The van der Waals surface area contributed by atoms with Crippen molar-refractivity contribution in [1.29, 1.82) is 0 Å². The van der Waals surface area contributed by atoms with Gasteiger partial charge >= 0.3 is 11.9 Å². The van der Waals surface area contributed by atoms with Gasteiger partial charge in [0.15, 0.2) is 0 Å². The molecule has 1 amide bonds. The van der Waals surface area contributed by atoms with Crippen LogP contribution >= 0.6 is 0 Å². The quantitative estimate of drug-likeness (QED) is 0.0689. The zero-order chi connectivity index (χ0) is 89.3. The number of ketones is 1. The van der Waals surface area contributed by atoms with Crippen molar-refractivity contribution < 1.29 is 69.8 Å². The molecule has 23 heteroatoms. The van der Waals surface area contributed by atoms with E-state index < -0.39 is 11.1 Å². The summed E-state index contributed by atoms with van der Waals surface area (Å²) in [6, 6.07) is 1.14. The summed E-state index contributed by atoms with van der Waals surface area (Å²) in [5.41, 5.74) is -3.67. The second-order valence-electron chi connectivity index (χ2n) is 46.3. The second kappa shape index (κ2) is 48.0. The van der Waals surface area contributed by atoms with Crippen LogP contribution in [-0.4, -0.2) is 216 Å². The maximum absolute atomic E-state index is 12.2. The van der Waals surface area contributed by atoms with Crippen LogP contribution in [0.1, 0.15) is 438 Å². The first-order chi connectivity index (χ1) is 50.2. The number of piperidine rings is 7. The molecule has 0 aromatic carbocycles. The van der Waals surface area contributed by atoms with E-state index in [1.54, 1.807) is 5.06 Å². The monoisotopic (exact) mass is 1710 g/mol. The normalized spacial score (nSPS) is 24.6. The molecular weight excluding hydrogens is 1500 g/mol. The second-order valence-corrected chi connectivity index (χ2v) is 46.3. The number of nitrogens with one attached hydrogen (secondary N) is 2. The lowest BCUT2D eigenvalue weighted by Gasteiger charge is -2.52. The molecule has 0 spiro atoms. The molecule has 7 aliphatic heterocycles. The largest absolute Gasteiger partial charge is 0.463 e. The Morgan fingerprint density at radius 2 is 0.588 bits per heavy atom. The first kappa shape index (κ1) is 127. The molecule has 0 aromatic rings. The van der Waals surface area contributed by atoms with Crippen molar-refractivity contribution in [2.24, 2.45) is 41.4 Å². The fourth-order valence-corrected chi connectivity index (χ4v) is 20.0. The van der Waals surface area contributed by atoms with Crippen LogP contribution in [0.3, 0.4) is 0 Å². The average Bonchev–Trinajstić information content (AvgIpc) is 0.930. The first-order valence-electron chi connectivity index (χ1n) is 43.3. The van der Waals surface area contributed by atoms with E-state index in [1.165, 1.54) is 36.8 Å². The smallest absolute Gasteiger partial charge is 0.309 e. The van der Waals surface area contributed by atoms with Crippen LogP contribution in [0.5, 0.6) is 0 Å². The van der Waals surface area contributed by atoms with Crippen molar-refractivity contribution in [1.82, 2.24) is 46.1 Å². The van der Waals surface area contributed by atoms with E-state index in [4.69, 9.17) is 14.2 Å². The van der Waals surface area contributed by atoms with E-state index in [0.717, 1.165) is 76.0 Å². The number of esters is 2. The molecule has 7 fully saturated rings. The molecule has 23 nitrogen and oxygen atoms in total. The van der Waals surface area contributed by atoms with Gasteiger partial charge in [-0.05, 0) is 323 Å². The van der Waals surface area contributed by atoms with Gasteiger partial charge in [-0.15, -0.1) is 0 Å². The summed E-state index contributed by atoms with van der Waals surface area (Å²) in [6.07, 6.45) is 13.8. The number of hydrogen-bond donors (Lipinski definition) is 9. The van der Waals surface area contributed by atoms with Crippen LogP contribution in [0.4, 0.5) is 0 Å². The lowest BCUT2D eigenvalue weighted by molar-refractivity contribution is -0.263. The number of carbonyl (C=O) groups excluding carboxylic acids is 4. The Labute approximate surface area is 735 Å². The number of hydrogen-bond acceptors (Lipinski definition) is 22. The number of hydroxylamine groups is 14. The van der Waals surface area contributed by atoms with E-state index in [-0.39, 0.29) is 183 Å². The van der Waals surface area contributed by atoms with Crippen LogP contribution < -0.4 is 10.6 Å². The van der Waals surface area contributed by atoms with Crippen molar-refractivity contribution in [3.05, 3.63) is 0 Å². The number of Topliss-reactive ketones (excluding diaryl/α,β-unsaturated/α-hetero) is 1. The summed E-state index contributed by atoms with van der Waals surface area (Å²) in [4.78, 5) is 47.5. The predicted molar refractivity (Wildman–Crippen MR) is 497 cm³/mol. The number of amides is 1. The maximum Gasteiger partial charge on any atom is 0.309 e. The van der Waals surface area contributed by atoms with Crippen molar-refractivity contribution >= 4 is 23.6 Å². The number of nitrogens with zero attached hydrogens (tertiary/aromatic N) is 7. The third-order valence-corrected chi connectivity index (χ3v) is 23.7. The average molecular weight is 1710 g/mol. The van der Waals surface area contributed by atoms with E-state index in [9.17, 15) is 55.6 Å². The van der Waals surface area contributed by atoms with E-state index in [2.05, 4.69) is 149 Å². The van der Waals surface area contributed by atoms with Crippen molar-refractivity contribution in [2.45, 2.75) is 558 Å². The summed E-state index contributed by atoms with van der Waals surface area (Å²) in [7, 11) is 0. The molecule has 9 N–H and O–H groups in total. The van der Waals surface area contributed by atoms with Gasteiger partial charge in [0.25, 0.3) is 0 Å². The molecule has 0 saturated carbocycles. The van der Waals surface area contributed by atoms with Gasteiger partial charge < -0.3 is 61.3 Å². The molecule has 0 aliphatic carbocycles. The summed E-state index contributed by atoms with van der Waals surface area (Å²) >= 11 is 0. The van der Waals surface area contributed by atoms with Gasteiger partial charge in [-0.1, -0.05) is 114 Å². The molecule has 7 heterocycles. The van der Waals surface area contributed by atoms with Crippen molar-refractivity contribution in [3.63, 3.8) is 0 Å². The predicted octanol–water partition coefficient (Wildman–Crippen LogP) is 23.3. The molecule has 0 unspecified atom stereocenters. The molecule has 0 bridgehead atoms. The van der Waals surface area contributed by atoms with Crippen molar-refractivity contribution in [2.75, 3.05) is 0 Å². The zero-order valence-electron chi connectivity index (χ0n) is 80.5. The van der Waals surface area contributed by atoms with E-state index >= 15 is 0 Å². The van der Waals surface area contributed by atoms with Crippen LogP contribution in [0, 0.1) is 41.4 Å². The van der Waals surface area contributed by atoms with Crippen LogP contribution in [-0.2, 0) is 33.4 Å². The minimum absolute atomic E-state index is 0. The molecule has 7 saturated heterocycles. The third kappa shape index (κ3) is 38.9. The summed E-state index contributed by atoms with van der Waals surface area (Å²) in [5, 5.41) is 87.8. The molecular formula is C96H205N9O14. The summed E-state index contributed by atoms with van der Waals surface area (Å²) in [5.74, 6) is 1.92. The Morgan fingerprint density at radius 3 is 0.840 bits per heavy atom. The fraction of sp³-hybridized carbons (Fsp3) is 0.958. The molecule has 718 valence electrons. The lowest BCUT2D eigenvalue weighted by atomic mass is 9.72. The van der Waals surface area contributed by atoms with Crippen LogP contribution in [0.25, 0.3) is 0 Å². The Kier molecular flexibility index (Phi) is 51.3. The highest BCUT2D eigenvalue weighted by Crippen LogP contribution is 2.46. The minimum atomic E-state index is -0.400. The first-order valence-corrected chi connectivity index (χ1v) is 43.3. The molecule has 0 aromatic heterocycles. The van der Waals surface area contributed by atoms with Gasteiger partial charge in [-0.25, -0.2) is 0 Å². The fourth-order valence-electron chi connectivity index (χ4n) is 20.0. The molecule has 119 heavy (non-hydrogen) atoms. The Bertz CT molecular complexity index is 2570. The molecule has 7 rings (SSSR count). The standard InChI is InChI=1S/C14H27NO2.C13H26N2O2.2C13H25NO3.C13H27NO.C12H26N2O.C12H25NO2.6CH4/c1-10(2)7-12(16)11-8-13(3,4)15(17)14(5,6)9-11;1-9(2)11(16)14-10-7-12(3,4)15(17)13(5,6)8-10;1-9(2)17-11(15)10-7-12(3,4)14(16)13(5,6)8-10;1-9(2)11(15)17-10-7-12(3,4)14(16)13(5,6)8-10;1-10(2)7-11-8-12(3,4)14(15)13(5,6)9-11;1-9(2)13-10-7-11(3,4)14(15)12(5,6)8-10;1-9(2)15-10-7-11(3,4)13(14)12(5,6)8-10;;;;;;/h10-11,17H,7-9H2,1-6H3;9-10,17H,7-8H2,1-6H3,(H,14,16);2*9-10,16H,7-8H2,1-6H3;10-11,15H,7-9H2,1-6H3;9-10,13,15H,7-8H2,1-6H3;9-10,14H,7-8H2,1-6H3;6*1H4. The van der Waals surface area contributed by atoms with Gasteiger partial charge in [0, 0.05) is 127 Å². The number of carbonyl (C=O) groups is 4. The number of ether oxygens (including phenoxy) is 3. The van der Waals surface area contributed by atoms with E-state index in [1.807, 2.05) is 152 Å². The van der Waals surface area contributed by atoms with Crippen LogP contribution in [0.2, 0.25) is 0 Å². The van der Waals surface area contributed by atoms with Gasteiger partial charge in [0.2, 0.25) is 5.91 Å². The van der Waals surface area contributed by atoms with Gasteiger partial charge in [0.05, 0.1) is 30.1 Å². The molecule has 0 atom stereocenters. The number of rotatable bonds is 15. The highest BCUT2D eigenvalue weighted by molar-refractivity contribution is 5.81. The third-order valence-electron chi connectivity index (χ3n) is 23.7. The Balaban J connectivity index is -0.000000311. The van der Waals surface area contributed by atoms with Gasteiger partial charge in [-0.3, -0.25) is 19.2 Å². The maximum atomic E-state index is 12.2. The summed E-state index contributed by atoms with van der Waals surface area (Å²) < 4.78 is 16.6. The summed E-state index contributed by atoms with van der Waals surface area (Å²) in [6.45, 7) is 85.2. The van der Waals surface area contributed by atoms with E-state index in [0.29, 0.717) is 55.9 Å². The molecule has 0 radical (unpaired) electrons. The zero-order valence-corrected chi connectivity index (χ0v) is 80.5. The minimum Gasteiger partial charge on any atom is -0.463 e. The SMILES string of the molecule is C.C.C.C.C.C.CC(C)C(=O)NC1CC(C)(C)N(O)C(C)(C)C1.CC(C)C(=O)OC1CC(C)(C)N(O)C(C)(C)C1.CC(C)CC(=O)C1CC(C)(C)N(O)C(C)(C)C1.CC(C)CC1CC(C)(C)N(O)C(C)(C)C1.CC(C)NC1CC(C)(C)N(O)C(C)(C)C1.CC(C)OC(=O)C1CC(C)(C)N(O)C(C)(C)C1.CC(C)OC1CC(C)(C)N(O)C(C)(C)C1. The highest BCUT2D eigenvalue weighted by atomic mass is 16.6. The Morgan fingerprint density at radius 1 is 0.328 bits per heavy atom. The highest BCUT2D eigenvalue weighted by Gasteiger charge is 2.53. The Hall–Kier alpha value is -2.56. The van der Waals surface area contributed by atoms with Gasteiger partial charge in [-0.2, -0.15) is 35.4 Å². The van der Waals surface area contributed by atoms with Gasteiger partial charge in [0.1, 0.15) is 11.9 Å². The molecule has 7 aliphatic rings. The lowest BCUT2D eigenvalue weighted by Crippen LogP contribution is -2.63.